The van der Waals surface area contributed by atoms with Crippen molar-refractivity contribution in [2.24, 2.45) is 0 Å². The van der Waals surface area contributed by atoms with Crippen LogP contribution in [0.4, 0.5) is 8.78 Å². The van der Waals surface area contributed by atoms with Crippen LogP contribution in [0.2, 0.25) is 5.28 Å². The van der Waals surface area contributed by atoms with E-state index in [0.717, 1.165) is 0 Å². The molecule has 15 heteroatoms. The van der Waals surface area contributed by atoms with Crippen molar-refractivity contribution in [3.8, 4) is 0 Å². The summed E-state index contributed by atoms with van der Waals surface area (Å²) in [4.78, 5) is 24.2. The molecule has 0 saturated carbocycles. The zero-order valence-corrected chi connectivity index (χ0v) is 21.7. The van der Waals surface area contributed by atoms with E-state index in [2.05, 4.69) is 85.5 Å². The van der Waals surface area contributed by atoms with E-state index in [1.54, 1.807) is 18.2 Å². The minimum absolute atomic E-state index is 0.120. The second-order valence-electron chi connectivity index (χ2n) is 5.34. The van der Waals surface area contributed by atoms with Gasteiger partial charge in [-0.1, -0.05) is 0 Å². The molecule has 0 fully saturated rings. The van der Waals surface area contributed by atoms with Crippen molar-refractivity contribution in [2.45, 2.75) is 0 Å². The first kappa shape index (κ1) is 26.4. The van der Waals surface area contributed by atoms with E-state index >= 15 is 0 Å². The third kappa shape index (κ3) is 8.20. The van der Waals surface area contributed by atoms with Gasteiger partial charge in [0.25, 0.3) is 0 Å². The Hall–Kier alpha value is -0.870. The van der Waals surface area contributed by atoms with Crippen LogP contribution >= 0.6 is 82.4 Å². The maximum absolute atomic E-state index is 13.4. The average molecular weight is 658 g/mol. The molecule has 0 radical (unpaired) electrons. The van der Waals surface area contributed by atoms with Gasteiger partial charge in [-0.2, -0.15) is 0 Å². The van der Waals surface area contributed by atoms with Crippen molar-refractivity contribution >= 4 is 104 Å². The number of rotatable bonds is 0. The number of aromatic amines is 1. The van der Waals surface area contributed by atoms with Gasteiger partial charge in [0.05, 0.1) is 30.8 Å². The Morgan fingerprint density at radius 3 is 2.03 bits per heavy atom. The molecule has 4 aromatic rings. The fourth-order valence-corrected chi connectivity index (χ4v) is 2.93. The molecule has 2 aromatic carbocycles. The molecular formula is C16H7Br2Cl4F2N4O2P. The molecule has 0 aliphatic rings. The van der Waals surface area contributed by atoms with Gasteiger partial charge in [-0.25, -0.2) is 28.5 Å². The molecule has 4 rings (SSSR count). The highest BCUT2D eigenvalue weighted by Gasteiger charge is 2.07. The number of benzene rings is 2. The lowest BCUT2D eigenvalue weighted by Gasteiger charge is -1.99. The Morgan fingerprint density at radius 2 is 1.42 bits per heavy atom. The molecule has 1 N–H and O–H groups in total. The summed E-state index contributed by atoms with van der Waals surface area (Å²) in [6, 6.07) is 6.41. The van der Waals surface area contributed by atoms with Crippen molar-refractivity contribution in [1.29, 1.82) is 0 Å². The summed E-state index contributed by atoms with van der Waals surface area (Å²) in [7, 11) is 0. The number of hydrogen-bond acceptors (Lipinski definition) is 5. The smallest absolute Gasteiger partial charge is 0.305 e. The Morgan fingerprint density at radius 1 is 0.903 bits per heavy atom. The summed E-state index contributed by atoms with van der Waals surface area (Å²) < 4.78 is 36.9. The zero-order chi connectivity index (χ0) is 23.3. The van der Waals surface area contributed by atoms with Gasteiger partial charge in [-0.05, 0) is 101 Å². The fourth-order valence-electron chi connectivity index (χ4n) is 2.09. The third-order valence-electron chi connectivity index (χ3n) is 3.31. The van der Waals surface area contributed by atoms with Crippen LogP contribution in [0.3, 0.4) is 0 Å². The lowest BCUT2D eigenvalue weighted by molar-refractivity contribution is 0.600. The standard InChI is InChI=1S/C8H3BrClFN2.C8H4BrFN2O.Cl3OP/c9-5-1-2-6-4(7(5)11)3-12-8(10)13-6;9-5-1-2-6-4(7(5)10)3-11-8(13)12-6;1-5(2,3)4/h1-3H;1-3H,(H,11,12,13);. The summed E-state index contributed by atoms with van der Waals surface area (Å²) in [6.07, 6.45) is 2.58. The highest BCUT2D eigenvalue weighted by molar-refractivity contribution is 9.10. The quantitative estimate of drug-likeness (QED) is 0.154. The third-order valence-corrected chi connectivity index (χ3v) is 4.71. The van der Waals surface area contributed by atoms with Crippen LogP contribution in [0.1, 0.15) is 0 Å². The lowest BCUT2D eigenvalue weighted by Crippen LogP contribution is -2.08. The Bertz CT molecular complexity index is 1350. The molecule has 0 saturated heterocycles. The zero-order valence-electron chi connectivity index (χ0n) is 14.6. The summed E-state index contributed by atoms with van der Waals surface area (Å²) in [5.74, 6) is -0.782. The van der Waals surface area contributed by atoms with E-state index in [4.69, 9.17) is 11.6 Å². The van der Waals surface area contributed by atoms with Crippen LogP contribution in [0.5, 0.6) is 0 Å². The van der Waals surface area contributed by atoms with Gasteiger partial charge < -0.3 is 4.98 Å². The van der Waals surface area contributed by atoms with E-state index < -0.39 is 16.7 Å². The van der Waals surface area contributed by atoms with Crippen molar-refractivity contribution in [3.63, 3.8) is 0 Å². The van der Waals surface area contributed by atoms with Crippen molar-refractivity contribution < 1.29 is 13.3 Å². The van der Waals surface area contributed by atoms with Crippen LogP contribution < -0.4 is 5.69 Å². The molecule has 0 spiro atoms. The first-order chi connectivity index (χ1) is 14.4. The van der Waals surface area contributed by atoms with E-state index in [9.17, 15) is 18.1 Å². The van der Waals surface area contributed by atoms with E-state index in [1.807, 2.05) is 0 Å². The first-order valence-electron chi connectivity index (χ1n) is 7.65. The first-order valence-corrected chi connectivity index (χ1v) is 14.0. The molecule has 0 amide bonds. The minimum atomic E-state index is -3.22. The van der Waals surface area contributed by atoms with Gasteiger partial charge in [0.2, 0.25) is 5.28 Å². The minimum Gasteiger partial charge on any atom is -0.305 e. The molecule has 0 aliphatic carbocycles. The number of nitrogens with zero attached hydrogens (tertiary/aromatic N) is 3. The normalized spacial score (nSPS) is 10.8. The molecule has 164 valence electrons. The Labute approximate surface area is 209 Å². The second kappa shape index (κ2) is 11.3. The van der Waals surface area contributed by atoms with Crippen molar-refractivity contribution in [1.82, 2.24) is 19.9 Å². The number of nitrogens with one attached hydrogen (secondary N) is 1. The maximum Gasteiger partial charge on any atom is 0.345 e. The van der Waals surface area contributed by atoms with E-state index in [0.29, 0.717) is 30.8 Å². The Balaban J connectivity index is 0.000000182. The highest BCUT2D eigenvalue weighted by Crippen LogP contribution is 2.61. The van der Waals surface area contributed by atoms with Crippen LogP contribution in [0, 0.1) is 11.6 Å². The van der Waals surface area contributed by atoms with E-state index in [1.165, 1.54) is 18.5 Å². The lowest BCUT2D eigenvalue weighted by atomic mass is 10.2. The number of hydrogen-bond donors (Lipinski definition) is 1. The SMILES string of the molecule is Fc1c(Br)ccc2nc(Cl)ncc12.O=P(Cl)(Cl)Cl.O=c1ncc2c(F)c(Br)ccc2[nH]1. The van der Waals surface area contributed by atoms with Crippen molar-refractivity contribution in [3.05, 3.63) is 73.0 Å². The number of H-pyrrole nitrogens is 1. The summed E-state index contributed by atoms with van der Waals surface area (Å²) in [5.41, 5.74) is 0.468. The van der Waals surface area contributed by atoms with Crippen LogP contribution in [0.25, 0.3) is 21.8 Å². The van der Waals surface area contributed by atoms with Gasteiger partial charge in [0.15, 0.2) is 0 Å². The topological polar surface area (TPSA) is 88.6 Å². The summed E-state index contributed by atoms with van der Waals surface area (Å²) in [6.45, 7) is 0. The molecule has 6 nitrogen and oxygen atoms in total. The molecule has 0 atom stereocenters. The van der Waals surface area contributed by atoms with Crippen LogP contribution in [0.15, 0.2) is 50.4 Å². The van der Waals surface area contributed by atoms with Crippen LogP contribution in [-0.2, 0) is 4.57 Å². The molecule has 2 aromatic heterocycles. The molecule has 2 heterocycles. The maximum atomic E-state index is 13.4. The number of halogens is 8. The molecule has 0 bridgehead atoms. The average Bonchev–Trinajstić information content (AvgIpc) is 2.67. The fraction of sp³-hybridized carbons (Fsp3) is 0. The van der Waals surface area contributed by atoms with Gasteiger partial charge in [0.1, 0.15) is 11.6 Å². The molecule has 31 heavy (non-hydrogen) atoms. The summed E-state index contributed by atoms with van der Waals surface area (Å²) in [5, 5.41) is -2.44. The molecule has 0 unspecified atom stereocenters. The number of fused-ring (bicyclic) bond motifs is 2. The molecular weight excluding hydrogens is 651 g/mol. The highest BCUT2D eigenvalue weighted by atomic mass is 79.9. The van der Waals surface area contributed by atoms with E-state index in [-0.39, 0.29) is 11.1 Å². The van der Waals surface area contributed by atoms with Gasteiger partial charge >= 0.3 is 10.9 Å². The largest absolute Gasteiger partial charge is 0.345 e. The van der Waals surface area contributed by atoms with Crippen molar-refractivity contribution in [2.75, 3.05) is 0 Å². The second-order valence-corrected chi connectivity index (χ2v) is 14.0. The van der Waals surface area contributed by atoms with Gasteiger partial charge in [-0.15, -0.1) is 0 Å². The van der Waals surface area contributed by atoms with Gasteiger partial charge in [0, 0.05) is 12.4 Å². The predicted molar refractivity (Wildman–Crippen MR) is 127 cm³/mol. The monoisotopic (exact) mass is 654 g/mol. The van der Waals surface area contributed by atoms with Gasteiger partial charge in [-0.3, -0.25) is 4.57 Å². The Kier molecular flexibility index (Phi) is 9.63. The summed E-state index contributed by atoms with van der Waals surface area (Å²) >= 11 is 25.5. The van der Waals surface area contributed by atoms with Crippen LogP contribution in [-0.4, -0.2) is 19.9 Å². The molecule has 0 aliphatic heterocycles. The number of aromatic nitrogens is 4. The predicted octanol–water partition coefficient (Wildman–Crippen LogP) is 7.82.